The van der Waals surface area contributed by atoms with E-state index in [0.717, 1.165) is 32.2 Å². The number of piperidine rings is 1. The average molecular weight is 185 g/mol. The van der Waals surface area contributed by atoms with E-state index >= 15 is 0 Å². The molecule has 1 aliphatic rings. The van der Waals surface area contributed by atoms with Gasteiger partial charge in [0, 0.05) is 19.5 Å². The first-order valence-electron chi connectivity index (χ1n) is 5.20. The van der Waals surface area contributed by atoms with Crippen LogP contribution in [0.3, 0.4) is 0 Å². The molecule has 0 saturated carbocycles. The molecular formula is C10H19NO2. The summed E-state index contributed by atoms with van der Waals surface area (Å²) in [5, 5.41) is 9.36. The van der Waals surface area contributed by atoms with E-state index in [1.807, 2.05) is 0 Å². The van der Waals surface area contributed by atoms with Crippen molar-refractivity contribution in [3.05, 3.63) is 0 Å². The molecule has 0 radical (unpaired) electrons. The summed E-state index contributed by atoms with van der Waals surface area (Å²) >= 11 is 0. The van der Waals surface area contributed by atoms with Gasteiger partial charge in [-0.05, 0) is 19.3 Å². The van der Waals surface area contributed by atoms with Crippen LogP contribution in [-0.2, 0) is 4.79 Å². The van der Waals surface area contributed by atoms with Crippen molar-refractivity contribution in [2.75, 3.05) is 13.1 Å². The fraction of sp³-hybridized carbons (Fsp3) is 0.900. The first kappa shape index (κ1) is 10.5. The second-order valence-electron chi connectivity index (χ2n) is 3.74. The van der Waals surface area contributed by atoms with Crippen molar-refractivity contribution >= 4 is 5.91 Å². The molecule has 13 heavy (non-hydrogen) atoms. The number of hydrogen-bond donors (Lipinski definition) is 1. The minimum Gasteiger partial charge on any atom is -0.391 e. The van der Waals surface area contributed by atoms with Crippen molar-refractivity contribution in [3.63, 3.8) is 0 Å². The zero-order valence-electron chi connectivity index (χ0n) is 8.33. The summed E-state index contributed by atoms with van der Waals surface area (Å²) in [6.45, 7) is 3.46. The molecule has 1 heterocycles. The van der Waals surface area contributed by atoms with Gasteiger partial charge in [-0.25, -0.2) is 0 Å². The van der Waals surface area contributed by atoms with Crippen LogP contribution < -0.4 is 0 Å². The standard InChI is InChI=1S/C10H19NO2/c1-2-3-6-10(13)11-7-4-5-9(12)8-11/h9,12H,2-8H2,1H3. The van der Waals surface area contributed by atoms with Gasteiger partial charge in [-0.1, -0.05) is 13.3 Å². The number of hydrogen-bond acceptors (Lipinski definition) is 2. The largest absolute Gasteiger partial charge is 0.391 e. The molecule has 1 amide bonds. The fourth-order valence-electron chi connectivity index (χ4n) is 1.67. The van der Waals surface area contributed by atoms with Crippen LogP contribution in [0.25, 0.3) is 0 Å². The number of unbranched alkanes of at least 4 members (excludes halogenated alkanes) is 1. The Hall–Kier alpha value is -0.570. The minimum atomic E-state index is -0.292. The zero-order chi connectivity index (χ0) is 9.68. The van der Waals surface area contributed by atoms with Crippen LogP contribution in [0.2, 0.25) is 0 Å². The average Bonchev–Trinajstić information content (AvgIpc) is 2.14. The number of aliphatic hydroxyl groups excluding tert-OH is 1. The molecule has 1 fully saturated rings. The molecule has 3 nitrogen and oxygen atoms in total. The van der Waals surface area contributed by atoms with Gasteiger partial charge in [-0.15, -0.1) is 0 Å². The smallest absolute Gasteiger partial charge is 0.222 e. The predicted octanol–water partition coefficient (Wildman–Crippen LogP) is 1.16. The van der Waals surface area contributed by atoms with E-state index in [-0.39, 0.29) is 12.0 Å². The molecule has 0 aromatic carbocycles. The highest BCUT2D eigenvalue weighted by molar-refractivity contribution is 5.76. The number of nitrogens with zero attached hydrogens (tertiary/aromatic N) is 1. The van der Waals surface area contributed by atoms with Gasteiger partial charge in [0.15, 0.2) is 0 Å². The number of β-amino-alcohol motifs (C(OH)–C–C–N with tert-alkyl or cyclic N) is 1. The van der Waals surface area contributed by atoms with Crippen LogP contribution in [0.4, 0.5) is 0 Å². The van der Waals surface area contributed by atoms with E-state index in [4.69, 9.17) is 0 Å². The lowest BCUT2D eigenvalue weighted by molar-refractivity contribution is -0.134. The Morgan fingerprint density at radius 3 is 3.00 bits per heavy atom. The summed E-state index contributed by atoms with van der Waals surface area (Å²) in [6.07, 6.45) is 4.16. The van der Waals surface area contributed by atoms with Crippen molar-refractivity contribution in [1.82, 2.24) is 4.90 Å². The maximum absolute atomic E-state index is 11.5. The zero-order valence-corrected chi connectivity index (χ0v) is 8.33. The number of amides is 1. The Labute approximate surface area is 79.7 Å². The molecule has 0 aromatic rings. The molecule has 0 aliphatic carbocycles. The first-order valence-corrected chi connectivity index (χ1v) is 5.20. The third kappa shape index (κ3) is 3.35. The number of carbonyl (C=O) groups is 1. The van der Waals surface area contributed by atoms with Crippen molar-refractivity contribution < 1.29 is 9.90 Å². The molecule has 0 aromatic heterocycles. The molecule has 0 spiro atoms. The quantitative estimate of drug-likeness (QED) is 0.716. The third-order valence-electron chi connectivity index (χ3n) is 2.49. The first-order chi connectivity index (χ1) is 6.24. The highest BCUT2D eigenvalue weighted by atomic mass is 16.3. The van der Waals surface area contributed by atoms with Crippen LogP contribution in [0.5, 0.6) is 0 Å². The molecule has 1 atom stereocenters. The normalized spacial score (nSPS) is 23.2. The van der Waals surface area contributed by atoms with Crippen molar-refractivity contribution in [2.24, 2.45) is 0 Å². The van der Waals surface area contributed by atoms with Gasteiger partial charge in [0.05, 0.1) is 6.10 Å². The number of rotatable bonds is 3. The van der Waals surface area contributed by atoms with Crippen molar-refractivity contribution in [3.8, 4) is 0 Å². The highest BCUT2D eigenvalue weighted by Gasteiger charge is 2.20. The summed E-state index contributed by atoms with van der Waals surface area (Å²) < 4.78 is 0. The SMILES string of the molecule is CCCCC(=O)N1CCCC(O)C1. The number of carbonyl (C=O) groups excluding carboxylic acids is 1. The van der Waals surface area contributed by atoms with Gasteiger partial charge in [-0.2, -0.15) is 0 Å². The molecule has 1 N–H and O–H groups in total. The summed E-state index contributed by atoms with van der Waals surface area (Å²) in [5.74, 6) is 0.209. The van der Waals surface area contributed by atoms with E-state index < -0.39 is 0 Å². The van der Waals surface area contributed by atoms with Crippen molar-refractivity contribution in [2.45, 2.75) is 45.1 Å². The molecule has 1 aliphatic heterocycles. The van der Waals surface area contributed by atoms with Crippen LogP contribution in [0.15, 0.2) is 0 Å². The lowest BCUT2D eigenvalue weighted by atomic mass is 10.1. The molecule has 76 valence electrons. The monoisotopic (exact) mass is 185 g/mol. The Bertz CT molecular complexity index is 170. The van der Waals surface area contributed by atoms with Gasteiger partial charge in [-0.3, -0.25) is 4.79 Å². The van der Waals surface area contributed by atoms with Gasteiger partial charge < -0.3 is 10.0 Å². The van der Waals surface area contributed by atoms with Gasteiger partial charge in [0.1, 0.15) is 0 Å². The summed E-state index contributed by atoms with van der Waals surface area (Å²) in [4.78, 5) is 13.3. The Morgan fingerprint density at radius 2 is 2.38 bits per heavy atom. The van der Waals surface area contributed by atoms with Gasteiger partial charge >= 0.3 is 0 Å². The van der Waals surface area contributed by atoms with Crippen LogP contribution in [0, 0.1) is 0 Å². The summed E-state index contributed by atoms with van der Waals surface area (Å²) in [5.41, 5.74) is 0. The second kappa shape index (κ2) is 5.22. The maximum Gasteiger partial charge on any atom is 0.222 e. The lowest BCUT2D eigenvalue weighted by Gasteiger charge is -2.30. The molecule has 3 heteroatoms. The Balaban J connectivity index is 2.28. The Kier molecular flexibility index (Phi) is 4.22. The van der Waals surface area contributed by atoms with Crippen LogP contribution in [0.1, 0.15) is 39.0 Å². The summed E-state index contributed by atoms with van der Waals surface area (Å²) in [6, 6.07) is 0. The van der Waals surface area contributed by atoms with Crippen molar-refractivity contribution in [1.29, 1.82) is 0 Å². The number of aliphatic hydroxyl groups is 1. The van der Waals surface area contributed by atoms with E-state index in [0.29, 0.717) is 13.0 Å². The van der Waals surface area contributed by atoms with E-state index in [2.05, 4.69) is 6.92 Å². The topological polar surface area (TPSA) is 40.5 Å². The van der Waals surface area contributed by atoms with Gasteiger partial charge in [0.2, 0.25) is 5.91 Å². The maximum atomic E-state index is 11.5. The van der Waals surface area contributed by atoms with E-state index in [1.54, 1.807) is 4.90 Å². The number of likely N-dealkylation sites (tertiary alicyclic amines) is 1. The fourth-order valence-corrected chi connectivity index (χ4v) is 1.67. The Morgan fingerprint density at radius 1 is 1.62 bits per heavy atom. The second-order valence-corrected chi connectivity index (χ2v) is 3.74. The van der Waals surface area contributed by atoms with Crippen LogP contribution in [-0.4, -0.2) is 35.1 Å². The minimum absolute atomic E-state index is 0.209. The third-order valence-corrected chi connectivity index (χ3v) is 2.49. The molecule has 1 rings (SSSR count). The summed E-state index contributed by atoms with van der Waals surface area (Å²) in [7, 11) is 0. The molecule has 0 bridgehead atoms. The molecule has 1 unspecified atom stereocenters. The van der Waals surface area contributed by atoms with Gasteiger partial charge in [0.25, 0.3) is 0 Å². The molecule has 1 saturated heterocycles. The van der Waals surface area contributed by atoms with Crippen LogP contribution >= 0.6 is 0 Å². The predicted molar refractivity (Wildman–Crippen MR) is 51.3 cm³/mol. The lowest BCUT2D eigenvalue weighted by Crippen LogP contribution is -2.42. The van der Waals surface area contributed by atoms with E-state index in [1.165, 1.54) is 0 Å². The molecular weight excluding hydrogens is 166 g/mol. The van der Waals surface area contributed by atoms with E-state index in [9.17, 15) is 9.90 Å². The highest BCUT2D eigenvalue weighted by Crippen LogP contribution is 2.11.